The maximum absolute atomic E-state index is 10.9. The van der Waals surface area contributed by atoms with E-state index in [9.17, 15) is 4.79 Å². The second-order valence-electron chi connectivity index (χ2n) is 4.06. The molecule has 5 heteroatoms. The van der Waals surface area contributed by atoms with Gasteiger partial charge in [-0.05, 0) is 45.8 Å². The number of hydrogen-bond donors (Lipinski definition) is 0. The normalized spacial score (nSPS) is 10.2. The Kier molecular flexibility index (Phi) is 5.04. The van der Waals surface area contributed by atoms with Crippen LogP contribution in [-0.4, -0.2) is 13.4 Å². The van der Waals surface area contributed by atoms with Gasteiger partial charge in [0, 0.05) is 15.1 Å². The molecule has 0 saturated heterocycles. The Labute approximate surface area is 130 Å². The van der Waals surface area contributed by atoms with Crippen molar-refractivity contribution in [3.8, 4) is 11.5 Å². The van der Waals surface area contributed by atoms with Crippen LogP contribution in [0.5, 0.6) is 11.5 Å². The van der Waals surface area contributed by atoms with Crippen molar-refractivity contribution in [2.75, 3.05) is 7.11 Å². The Bertz CT molecular complexity index is 629. The van der Waals surface area contributed by atoms with Crippen LogP contribution in [0.15, 0.2) is 40.9 Å². The van der Waals surface area contributed by atoms with Gasteiger partial charge in [0.05, 0.1) is 7.11 Å². The van der Waals surface area contributed by atoms with E-state index < -0.39 is 0 Å². The number of carbonyl (C=O) groups excluding carboxylic acids is 1. The topological polar surface area (TPSA) is 35.5 Å². The first kappa shape index (κ1) is 14.9. The molecular weight excluding hydrogens is 344 g/mol. The highest BCUT2D eigenvalue weighted by atomic mass is 79.9. The highest BCUT2D eigenvalue weighted by Gasteiger charge is 2.10. The summed E-state index contributed by atoms with van der Waals surface area (Å²) in [5, 5.41) is 0.663. The SMILES string of the molecule is COc1cc(C=O)c(Br)cc1OCc1cccc(Cl)c1. The smallest absolute Gasteiger partial charge is 0.162 e. The standard InChI is InChI=1S/C15H12BrClO3/c1-19-14-6-11(8-18)13(16)7-15(14)20-9-10-3-2-4-12(17)5-10/h2-8H,9H2,1H3. The molecule has 104 valence electrons. The van der Waals surface area contributed by atoms with Crippen molar-refractivity contribution in [2.24, 2.45) is 0 Å². The van der Waals surface area contributed by atoms with Crippen LogP contribution in [0.25, 0.3) is 0 Å². The highest BCUT2D eigenvalue weighted by Crippen LogP contribution is 2.33. The third-order valence-electron chi connectivity index (χ3n) is 2.69. The van der Waals surface area contributed by atoms with E-state index in [1.54, 1.807) is 18.2 Å². The molecule has 2 aromatic rings. The Morgan fingerprint density at radius 1 is 1.25 bits per heavy atom. The molecule has 20 heavy (non-hydrogen) atoms. The number of rotatable bonds is 5. The average molecular weight is 356 g/mol. The Morgan fingerprint density at radius 2 is 2.05 bits per heavy atom. The molecule has 0 spiro atoms. The minimum Gasteiger partial charge on any atom is -0.493 e. The first-order valence-electron chi connectivity index (χ1n) is 5.84. The molecule has 3 nitrogen and oxygen atoms in total. The van der Waals surface area contributed by atoms with Gasteiger partial charge in [-0.25, -0.2) is 0 Å². The van der Waals surface area contributed by atoms with Crippen LogP contribution in [0.3, 0.4) is 0 Å². The predicted molar refractivity (Wildman–Crippen MR) is 81.9 cm³/mol. The van der Waals surface area contributed by atoms with Crippen molar-refractivity contribution >= 4 is 33.8 Å². The minimum absolute atomic E-state index is 0.365. The zero-order chi connectivity index (χ0) is 14.5. The van der Waals surface area contributed by atoms with Gasteiger partial charge in [-0.3, -0.25) is 4.79 Å². The van der Waals surface area contributed by atoms with E-state index in [0.717, 1.165) is 11.8 Å². The van der Waals surface area contributed by atoms with Gasteiger partial charge in [-0.15, -0.1) is 0 Å². The summed E-state index contributed by atoms with van der Waals surface area (Å²) >= 11 is 9.24. The second-order valence-corrected chi connectivity index (χ2v) is 5.35. The van der Waals surface area contributed by atoms with Crippen molar-refractivity contribution in [1.29, 1.82) is 0 Å². The summed E-state index contributed by atoms with van der Waals surface area (Å²) in [4.78, 5) is 10.9. The lowest BCUT2D eigenvalue weighted by atomic mass is 10.2. The van der Waals surface area contributed by atoms with Gasteiger partial charge >= 0.3 is 0 Å². The van der Waals surface area contributed by atoms with Crippen molar-refractivity contribution in [3.63, 3.8) is 0 Å². The van der Waals surface area contributed by atoms with E-state index in [4.69, 9.17) is 21.1 Å². The monoisotopic (exact) mass is 354 g/mol. The summed E-state index contributed by atoms with van der Waals surface area (Å²) < 4.78 is 11.6. The van der Waals surface area contributed by atoms with E-state index in [1.807, 2.05) is 18.2 Å². The van der Waals surface area contributed by atoms with Crippen LogP contribution in [0.4, 0.5) is 0 Å². The van der Waals surface area contributed by atoms with Crippen LogP contribution in [0.2, 0.25) is 5.02 Å². The molecule has 0 atom stereocenters. The number of benzene rings is 2. The van der Waals surface area contributed by atoms with Gasteiger partial charge in [-0.2, -0.15) is 0 Å². The molecule has 0 aliphatic heterocycles. The molecule has 0 bridgehead atoms. The van der Waals surface area contributed by atoms with Gasteiger partial charge in [0.1, 0.15) is 6.61 Å². The summed E-state index contributed by atoms with van der Waals surface area (Å²) in [7, 11) is 1.53. The van der Waals surface area contributed by atoms with Crippen LogP contribution in [0.1, 0.15) is 15.9 Å². The van der Waals surface area contributed by atoms with E-state index >= 15 is 0 Å². The van der Waals surface area contributed by atoms with Crippen molar-refractivity contribution in [1.82, 2.24) is 0 Å². The summed E-state index contributed by atoms with van der Waals surface area (Å²) in [5.74, 6) is 1.07. The maximum atomic E-state index is 10.9. The molecule has 0 heterocycles. The molecule has 0 N–H and O–H groups in total. The zero-order valence-corrected chi connectivity index (χ0v) is 13.1. The Morgan fingerprint density at radius 3 is 2.70 bits per heavy atom. The fourth-order valence-corrected chi connectivity index (χ4v) is 2.33. The van der Waals surface area contributed by atoms with Crippen LogP contribution in [0, 0.1) is 0 Å². The van der Waals surface area contributed by atoms with Crippen LogP contribution >= 0.6 is 27.5 Å². The molecule has 0 aromatic heterocycles. The van der Waals surface area contributed by atoms with Gasteiger partial charge < -0.3 is 9.47 Å². The minimum atomic E-state index is 0.365. The molecule has 0 amide bonds. The fourth-order valence-electron chi connectivity index (χ4n) is 1.70. The predicted octanol–water partition coefficient (Wildman–Crippen LogP) is 4.50. The van der Waals surface area contributed by atoms with Crippen molar-refractivity contribution < 1.29 is 14.3 Å². The molecule has 0 saturated carbocycles. The zero-order valence-electron chi connectivity index (χ0n) is 10.7. The lowest BCUT2D eigenvalue weighted by Gasteiger charge is -2.12. The Balaban J connectivity index is 2.20. The van der Waals surface area contributed by atoms with E-state index in [2.05, 4.69) is 15.9 Å². The first-order valence-corrected chi connectivity index (χ1v) is 7.01. The van der Waals surface area contributed by atoms with Gasteiger partial charge in [0.2, 0.25) is 0 Å². The summed E-state index contributed by atoms with van der Waals surface area (Å²) in [6, 6.07) is 10.8. The number of halogens is 2. The fraction of sp³-hybridized carbons (Fsp3) is 0.133. The maximum Gasteiger partial charge on any atom is 0.162 e. The number of hydrogen-bond acceptors (Lipinski definition) is 3. The third kappa shape index (κ3) is 3.52. The van der Waals surface area contributed by atoms with Gasteiger partial charge in [0.25, 0.3) is 0 Å². The first-order chi connectivity index (χ1) is 9.63. The van der Waals surface area contributed by atoms with Crippen molar-refractivity contribution in [2.45, 2.75) is 6.61 Å². The molecule has 0 aliphatic rings. The molecule has 0 aliphatic carbocycles. The summed E-state index contributed by atoms with van der Waals surface area (Å²) in [5.41, 5.74) is 1.46. The average Bonchev–Trinajstić information content (AvgIpc) is 2.45. The quantitative estimate of drug-likeness (QED) is 0.741. The van der Waals surface area contributed by atoms with Gasteiger partial charge in [0.15, 0.2) is 17.8 Å². The van der Waals surface area contributed by atoms with Gasteiger partial charge in [-0.1, -0.05) is 23.7 Å². The molecule has 0 unspecified atom stereocenters. The number of methoxy groups -OCH3 is 1. The molecular formula is C15H12BrClO3. The van der Waals surface area contributed by atoms with Crippen LogP contribution < -0.4 is 9.47 Å². The molecule has 0 radical (unpaired) electrons. The summed E-state index contributed by atoms with van der Waals surface area (Å²) in [6.07, 6.45) is 0.757. The summed E-state index contributed by atoms with van der Waals surface area (Å²) in [6.45, 7) is 0.365. The van der Waals surface area contributed by atoms with Crippen molar-refractivity contribution in [3.05, 3.63) is 57.0 Å². The third-order valence-corrected chi connectivity index (χ3v) is 3.62. The van der Waals surface area contributed by atoms with E-state index in [-0.39, 0.29) is 0 Å². The lowest BCUT2D eigenvalue weighted by Crippen LogP contribution is -1.99. The van der Waals surface area contributed by atoms with E-state index in [0.29, 0.717) is 33.2 Å². The van der Waals surface area contributed by atoms with E-state index in [1.165, 1.54) is 7.11 Å². The second kappa shape index (κ2) is 6.77. The number of carbonyl (C=O) groups is 1. The molecule has 2 rings (SSSR count). The lowest BCUT2D eigenvalue weighted by molar-refractivity contribution is 0.112. The Hall–Kier alpha value is -1.52. The largest absolute Gasteiger partial charge is 0.493 e. The highest BCUT2D eigenvalue weighted by molar-refractivity contribution is 9.10. The number of aldehydes is 1. The number of ether oxygens (including phenoxy) is 2. The molecule has 0 fully saturated rings. The van der Waals surface area contributed by atoms with Crippen LogP contribution in [-0.2, 0) is 6.61 Å². The molecule has 2 aromatic carbocycles.